The molecule has 0 aliphatic rings. The Labute approximate surface area is 141 Å². The summed E-state index contributed by atoms with van der Waals surface area (Å²) in [5.41, 5.74) is -0.456. The van der Waals surface area contributed by atoms with Gasteiger partial charge in [-0.1, -0.05) is 0 Å². The van der Waals surface area contributed by atoms with Gasteiger partial charge < -0.3 is 5.32 Å². The maximum Gasteiger partial charge on any atom is 0.269 e. The molecule has 3 aromatic heterocycles. The molecule has 0 saturated carbocycles. The van der Waals surface area contributed by atoms with Crippen LogP contribution in [-0.2, 0) is 16.6 Å². The Morgan fingerprint density at radius 3 is 2.75 bits per heavy atom. The van der Waals surface area contributed by atoms with Crippen molar-refractivity contribution in [2.75, 3.05) is 7.05 Å². The van der Waals surface area contributed by atoms with Crippen LogP contribution < -0.4 is 5.32 Å². The first-order valence-electron chi connectivity index (χ1n) is 6.89. The van der Waals surface area contributed by atoms with Crippen molar-refractivity contribution in [3.8, 4) is 11.3 Å². The maximum atomic E-state index is 14.8. The Morgan fingerprint density at radius 1 is 1.33 bits per heavy atom. The summed E-state index contributed by atoms with van der Waals surface area (Å²) in [5.74, 6) is -1.73. The molecule has 0 aliphatic carbocycles. The highest BCUT2D eigenvalue weighted by Crippen LogP contribution is 2.32. The first-order valence-corrected chi connectivity index (χ1v) is 9.28. The fourth-order valence-corrected chi connectivity index (χ4v) is 4.73. The standard InChI is InChI=1S/C15H13F2N3O2S2/c1-18-7-10-8-20(24(21,22)11-4-6-23-9-11)14(13(10)16)12-3-2-5-19-15(12)17/h2-6,8-9,18H,7H2,1H3. The lowest BCUT2D eigenvalue weighted by Gasteiger charge is -2.09. The van der Waals surface area contributed by atoms with E-state index in [1.54, 1.807) is 12.4 Å². The second-order valence-corrected chi connectivity index (χ2v) is 7.54. The molecule has 0 spiro atoms. The monoisotopic (exact) mass is 369 g/mol. The summed E-state index contributed by atoms with van der Waals surface area (Å²) in [6.07, 6.45) is 2.38. The normalized spacial score (nSPS) is 11.8. The Morgan fingerprint density at radius 2 is 2.12 bits per heavy atom. The zero-order chi connectivity index (χ0) is 17.3. The van der Waals surface area contributed by atoms with Crippen LogP contribution in [0.2, 0.25) is 0 Å². The van der Waals surface area contributed by atoms with Crippen LogP contribution in [-0.4, -0.2) is 24.4 Å². The largest absolute Gasteiger partial charge is 0.316 e. The molecular weight excluding hydrogens is 356 g/mol. The highest BCUT2D eigenvalue weighted by molar-refractivity contribution is 7.90. The van der Waals surface area contributed by atoms with E-state index in [-0.39, 0.29) is 28.3 Å². The van der Waals surface area contributed by atoms with Crippen molar-refractivity contribution in [1.29, 1.82) is 0 Å². The van der Waals surface area contributed by atoms with Crippen molar-refractivity contribution in [1.82, 2.24) is 14.3 Å². The zero-order valence-electron chi connectivity index (χ0n) is 12.5. The molecule has 3 rings (SSSR count). The van der Waals surface area contributed by atoms with Gasteiger partial charge in [0.15, 0.2) is 5.82 Å². The van der Waals surface area contributed by atoms with Gasteiger partial charge in [-0.05, 0) is 30.6 Å². The number of rotatable bonds is 5. The van der Waals surface area contributed by atoms with Crippen LogP contribution in [0.3, 0.4) is 0 Å². The van der Waals surface area contributed by atoms with E-state index in [0.717, 1.165) is 3.97 Å². The number of pyridine rings is 1. The van der Waals surface area contributed by atoms with Crippen LogP contribution in [0.4, 0.5) is 8.78 Å². The molecule has 9 heteroatoms. The Bertz CT molecular complexity index is 967. The van der Waals surface area contributed by atoms with Crippen molar-refractivity contribution < 1.29 is 17.2 Å². The van der Waals surface area contributed by atoms with Gasteiger partial charge in [0.1, 0.15) is 5.69 Å². The topological polar surface area (TPSA) is 64.0 Å². The zero-order valence-corrected chi connectivity index (χ0v) is 14.2. The molecular formula is C15H13F2N3O2S2. The summed E-state index contributed by atoms with van der Waals surface area (Å²) < 4.78 is 55.3. The highest BCUT2D eigenvalue weighted by Gasteiger charge is 2.28. The minimum Gasteiger partial charge on any atom is -0.316 e. The molecule has 126 valence electrons. The molecule has 0 bridgehead atoms. The summed E-state index contributed by atoms with van der Waals surface area (Å²) in [6, 6.07) is 4.13. The van der Waals surface area contributed by atoms with E-state index in [4.69, 9.17) is 0 Å². The molecule has 0 unspecified atom stereocenters. The van der Waals surface area contributed by atoms with E-state index in [1.165, 1.54) is 47.3 Å². The average Bonchev–Trinajstić information content (AvgIpc) is 3.19. The van der Waals surface area contributed by atoms with Gasteiger partial charge in [-0.3, -0.25) is 0 Å². The Balaban J connectivity index is 2.30. The predicted molar refractivity (Wildman–Crippen MR) is 87.2 cm³/mol. The maximum absolute atomic E-state index is 14.8. The number of thiophene rings is 1. The lowest BCUT2D eigenvalue weighted by molar-refractivity contribution is 0.575. The van der Waals surface area contributed by atoms with Gasteiger partial charge in [-0.2, -0.15) is 15.7 Å². The lowest BCUT2D eigenvalue weighted by Crippen LogP contribution is -2.13. The minimum absolute atomic E-state index is 0.0176. The van der Waals surface area contributed by atoms with Crippen LogP contribution in [0.25, 0.3) is 11.3 Å². The van der Waals surface area contributed by atoms with Crippen LogP contribution in [0.1, 0.15) is 5.56 Å². The van der Waals surface area contributed by atoms with Crippen LogP contribution in [0.15, 0.2) is 46.2 Å². The second kappa shape index (κ2) is 6.42. The SMILES string of the molecule is CNCc1cn(S(=O)(=O)c2ccsc2)c(-c2cccnc2F)c1F. The molecule has 0 aliphatic heterocycles. The van der Waals surface area contributed by atoms with E-state index in [9.17, 15) is 17.2 Å². The van der Waals surface area contributed by atoms with Crippen molar-refractivity contribution >= 4 is 21.4 Å². The molecule has 24 heavy (non-hydrogen) atoms. The molecule has 3 aromatic rings. The van der Waals surface area contributed by atoms with Gasteiger partial charge in [0.05, 0.1) is 10.5 Å². The minimum atomic E-state index is -4.05. The molecule has 5 nitrogen and oxygen atoms in total. The van der Waals surface area contributed by atoms with Crippen molar-refractivity contribution in [2.45, 2.75) is 11.4 Å². The Hall–Kier alpha value is -2.10. The molecule has 0 saturated heterocycles. The number of halogens is 2. The summed E-state index contributed by atoms with van der Waals surface area (Å²) in [6.45, 7) is 0.104. The predicted octanol–water partition coefficient (Wildman–Crippen LogP) is 2.85. The quantitative estimate of drug-likeness (QED) is 0.703. The summed E-state index contributed by atoms with van der Waals surface area (Å²) in [7, 11) is -2.44. The number of hydrogen-bond donors (Lipinski definition) is 1. The van der Waals surface area contributed by atoms with Gasteiger partial charge >= 0.3 is 0 Å². The number of nitrogens with zero attached hydrogens (tertiary/aromatic N) is 2. The van der Waals surface area contributed by atoms with E-state index in [0.29, 0.717) is 0 Å². The van der Waals surface area contributed by atoms with E-state index >= 15 is 0 Å². The third-order valence-corrected chi connectivity index (χ3v) is 5.90. The number of aromatic nitrogens is 2. The number of hydrogen-bond acceptors (Lipinski definition) is 5. The van der Waals surface area contributed by atoms with Crippen molar-refractivity contribution in [2.24, 2.45) is 0 Å². The molecule has 0 radical (unpaired) electrons. The van der Waals surface area contributed by atoms with Gasteiger partial charge in [0.25, 0.3) is 10.0 Å². The van der Waals surface area contributed by atoms with Crippen molar-refractivity contribution in [3.63, 3.8) is 0 Å². The molecule has 0 aromatic carbocycles. The first kappa shape index (κ1) is 16.7. The molecule has 0 atom stereocenters. The molecule has 0 amide bonds. The highest BCUT2D eigenvalue weighted by atomic mass is 32.2. The van der Waals surface area contributed by atoms with Gasteiger partial charge in [0.2, 0.25) is 5.95 Å². The smallest absolute Gasteiger partial charge is 0.269 e. The molecule has 0 fully saturated rings. The number of nitrogens with one attached hydrogen (secondary N) is 1. The summed E-state index contributed by atoms with van der Waals surface area (Å²) >= 11 is 1.20. The first-order chi connectivity index (χ1) is 11.5. The fourth-order valence-electron chi connectivity index (χ4n) is 2.33. The van der Waals surface area contributed by atoms with Gasteiger partial charge in [-0.15, -0.1) is 0 Å². The summed E-state index contributed by atoms with van der Waals surface area (Å²) in [4.78, 5) is 3.50. The average molecular weight is 369 g/mol. The van der Waals surface area contributed by atoms with Crippen LogP contribution in [0, 0.1) is 11.8 Å². The fraction of sp³-hybridized carbons (Fsp3) is 0.133. The molecule has 1 N–H and O–H groups in total. The van der Waals surface area contributed by atoms with E-state index < -0.39 is 21.8 Å². The lowest BCUT2D eigenvalue weighted by atomic mass is 10.2. The van der Waals surface area contributed by atoms with Gasteiger partial charge in [0, 0.05) is 29.9 Å². The third kappa shape index (κ3) is 2.74. The van der Waals surface area contributed by atoms with E-state index in [1.807, 2.05) is 0 Å². The Kier molecular flexibility index (Phi) is 4.48. The van der Waals surface area contributed by atoms with Crippen LogP contribution in [0.5, 0.6) is 0 Å². The third-order valence-electron chi connectivity index (χ3n) is 3.42. The summed E-state index contributed by atoms with van der Waals surface area (Å²) in [5, 5.41) is 5.80. The van der Waals surface area contributed by atoms with Gasteiger partial charge in [-0.25, -0.2) is 21.8 Å². The van der Waals surface area contributed by atoms with E-state index in [2.05, 4.69) is 10.3 Å². The van der Waals surface area contributed by atoms with Crippen molar-refractivity contribution in [3.05, 3.63) is 58.7 Å². The second-order valence-electron chi connectivity index (χ2n) is 4.95. The molecule has 3 heterocycles. The van der Waals surface area contributed by atoms with Crippen LogP contribution >= 0.6 is 11.3 Å².